The monoisotopic (exact) mass is 710 g/mol. The number of benzene rings is 4. The summed E-state index contributed by atoms with van der Waals surface area (Å²) in [7, 11) is 0. The predicted octanol–water partition coefficient (Wildman–Crippen LogP) is 5.85. The first-order valence-electron chi connectivity index (χ1n) is 15.9. The first-order valence-corrected chi connectivity index (χ1v) is 18.5. The van der Waals surface area contributed by atoms with Crippen molar-refractivity contribution in [3.05, 3.63) is 127 Å². The van der Waals surface area contributed by atoms with E-state index in [4.69, 9.17) is 0 Å². The molecule has 0 aliphatic heterocycles. The van der Waals surface area contributed by atoms with Crippen LogP contribution in [0, 0.1) is 27.7 Å². The molecule has 0 amide bonds. The molecule has 3 heteroatoms. The number of hydrogen-bond donors (Lipinski definition) is 0. The molecule has 4 aromatic rings. The van der Waals surface area contributed by atoms with Gasteiger partial charge in [0.15, 0.2) is 0 Å². The second-order valence-corrected chi connectivity index (χ2v) is 18.8. The maximum absolute atomic E-state index is 2.62. The van der Waals surface area contributed by atoms with E-state index in [9.17, 15) is 0 Å². The average molecular weight is 713 g/mol. The van der Waals surface area contributed by atoms with E-state index in [2.05, 4.69) is 148 Å². The summed E-state index contributed by atoms with van der Waals surface area (Å²) in [5.41, 5.74) is 19.9. The molecule has 0 aromatic heterocycles. The van der Waals surface area contributed by atoms with Crippen LogP contribution in [0.5, 0.6) is 0 Å². The van der Waals surface area contributed by atoms with Crippen LogP contribution in [0.1, 0.15) is 96.1 Å². The quantitative estimate of drug-likeness (QED) is 0.249. The van der Waals surface area contributed by atoms with E-state index < -0.39 is 23.2 Å². The molecule has 0 bridgehead atoms. The van der Waals surface area contributed by atoms with Crippen LogP contribution >= 0.6 is 0 Å². The zero-order valence-corrected chi connectivity index (χ0v) is 32.5. The fourth-order valence-corrected chi connectivity index (χ4v) is 11.1. The van der Waals surface area contributed by atoms with Gasteiger partial charge >= 0.3 is 273 Å². The van der Waals surface area contributed by atoms with E-state index in [1.165, 1.54) is 66.8 Å². The molecule has 0 heterocycles. The third-order valence-electron chi connectivity index (χ3n) is 9.07. The Bertz CT molecular complexity index is 1670. The van der Waals surface area contributed by atoms with E-state index in [0.717, 1.165) is 6.42 Å². The average Bonchev–Trinajstić information content (AvgIpc) is 3.51. The molecule has 0 saturated carbocycles. The summed E-state index contributed by atoms with van der Waals surface area (Å²) in [5.74, 6) is 0. The van der Waals surface area contributed by atoms with Crippen molar-refractivity contribution >= 4 is 0 Å². The van der Waals surface area contributed by atoms with Gasteiger partial charge in [-0.1, -0.05) is 0 Å². The predicted molar refractivity (Wildman–Crippen MR) is 183 cm³/mol. The van der Waals surface area contributed by atoms with Gasteiger partial charge in [-0.2, -0.15) is 0 Å². The molecule has 0 atom stereocenters. The third-order valence-corrected chi connectivity index (χ3v) is 13.1. The molecular formula is C42H46Cl2Zr. The molecule has 2 aliphatic rings. The molecule has 0 N–H and O–H groups in total. The van der Waals surface area contributed by atoms with Gasteiger partial charge in [-0.3, -0.25) is 0 Å². The summed E-state index contributed by atoms with van der Waals surface area (Å²) in [6.07, 6.45) is 8.19. The van der Waals surface area contributed by atoms with Crippen LogP contribution in [-0.2, 0) is 34.1 Å². The minimum absolute atomic E-state index is 0. The van der Waals surface area contributed by atoms with Crippen LogP contribution in [0.15, 0.2) is 82.2 Å². The van der Waals surface area contributed by atoms with Crippen LogP contribution in [0.25, 0.3) is 33.4 Å². The van der Waals surface area contributed by atoms with Gasteiger partial charge in [-0.25, -0.2) is 0 Å². The molecule has 0 radical (unpaired) electrons. The third kappa shape index (κ3) is 7.08. The van der Waals surface area contributed by atoms with Gasteiger partial charge in [-0.05, 0) is 0 Å². The van der Waals surface area contributed by atoms with E-state index in [1.807, 2.05) is 0 Å². The van der Waals surface area contributed by atoms with Crippen molar-refractivity contribution in [2.24, 2.45) is 0 Å². The summed E-state index contributed by atoms with van der Waals surface area (Å²) in [6.45, 7) is 23.2. The first-order chi connectivity index (χ1) is 20.2. The van der Waals surface area contributed by atoms with Gasteiger partial charge in [0, 0.05) is 0 Å². The molecule has 6 rings (SSSR count). The summed E-state index contributed by atoms with van der Waals surface area (Å²) in [5, 5.41) is 0. The fraction of sp³-hybridized carbons (Fsp3) is 0.333. The van der Waals surface area contributed by atoms with Crippen molar-refractivity contribution in [3.63, 3.8) is 0 Å². The summed E-state index contributed by atoms with van der Waals surface area (Å²) in [6, 6.07) is 24.6. The molecule has 0 nitrogen and oxygen atoms in total. The number of aryl methyl sites for hydroxylation is 4. The Kier molecular flexibility index (Phi) is 10.4. The fourth-order valence-electron chi connectivity index (χ4n) is 7.22. The van der Waals surface area contributed by atoms with Crippen LogP contribution in [0.3, 0.4) is 0 Å². The number of allylic oxidation sites excluding steroid dienone is 4. The Morgan fingerprint density at radius 2 is 0.933 bits per heavy atom. The van der Waals surface area contributed by atoms with Gasteiger partial charge in [0.25, 0.3) is 0 Å². The summed E-state index contributed by atoms with van der Waals surface area (Å²) < 4.78 is 2.21. The SMILES string of the molecule is Cc1cc(C)cc(-c2cc3c(cc2C(C)(C)C)-c2cc(C(C)(C)C)c(-c4cc(C)cc(C)c4)cc2[CH]3[Zr+2][C]2=CC=CC2)c1.[Cl-].[Cl-]. The Morgan fingerprint density at radius 1 is 0.533 bits per heavy atom. The van der Waals surface area contributed by atoms with Crippen LogP contribution in [0.2, 0.25) is 0 Å². The molecule has 45 heavy (non-hydrogen) atoms. The minimum Gasteiger partial charge on any atom is -1.00 e. The van der Waals surface area contributed by atoms with Gasteiger partial charge in [0.05, 0.1) is 0 Å². The van der Waals surface area contributed by atoms with E-state index in [0.29, 0.717) is 3.63 Å². The van der Waals surface area contributed by atoms with Crippen molar-refractivity contribution in [2.75, 3.05) is 0 Å². The van der Waals surface area contributed by atoms with Crippen molar-refractivity contribution in [1.29, 1.82) is 0 Å². The Labute approximate surface area is 296 Å². The van der Waals surface area contributed by atoms with Crippen molar-refractivity contribution in [1.82, 2.24) is 0 Å². The molecule has 0 fully saturated rings. The van der Waals surface area contributed by atoms with Crippen molar-refractivity contribution < 1.29 is 48.0 Å². The van der Waals surface area contributed by atoms with Crippen LogP contribution in [-0.4, -0.2) is 0 Å². The van der Waals surface area contributed by atoms with Crippen LogP contribution in [0.4, 0.5) is 0 Å². The second kappa shape index (κ2) is 13.1. The number of hydrogen-bond acceptors (Lipinski definition) is 0. The maximum Gasteiger partial charge on any atom is -1.00 e. The van der Waals surface area contributed by atoms with Gasteiger partial charge < -0.3 is 24.8 Å². The van der Waals surface area contributed by atoms with Crippen molar-refractivity contribution in [2.45, 2.75) is 90.1 Å². The Hall–Kier alpha value is -2.18. The smallest absolute Gasteiger partial charge is 1.00 e. The van der Waals surface area contributed by atoms with Crippen LogP contribution < -0.4 is 24.8 Å². The zero-order chi connectivity index (χ0) is 30.8. The molecule has 0 unspecified atom stereocenters. The topological polar surface area (TPSA) is 0 Å². The maximum atomic E-state index is 2.62. The van der Waals surface area contributed by atoms with Gasteiger partial charge in [0.1, 0.15) is 0 Å². The molecule has 2 aliphatic carbocycles. The summed E-state index contributed by atoms with van der Waals surface area (Å²) >= 11 is -0.937. The Balaban J connectivity index is 0.00000230. The molecule has 4 aromatic carbocycles. The van der Waals surface area contributed by atoms with E-state index in [1.54, 1.807) is 14.4 Å². The van der Waals surface area contributed by atoms with Gasteiger partial charge in [-0.15, -0.1) is 0 Å². The normalized spacial score (nSPS) is 13.9. The number of halogens is 2. The largest absolute Gasteiger partial charge is 1.00 e. The zero-order valence-electron chi connectivity index (χ0n) is 28.5. The second-order valence-electron chi connectivity index (χ2n) is 15.1. The number of rotatable bonds is 4. The Morgan fingerprint density at radius 3 is 1.27 bits per heavy atom. The summed E-state index contributed by atoms with van der Waals surface area (Å²) in [4.78, 5) is 0. The standard InChI is InChI=1S/C37H41.C5H5.2ClH.Zr/c1-22-11-23(2)14-26(13-22)32-18-28-17-29-19-33(27-15-24(3)12-25(4)16-27)35(37(8,9)10)21-31(29)30(28)20-34(32)36(5,6)7;1-2-4-5-3-1;;;/h11-21H,1-10H3;1-3H,4H2;2*1H;/q;;;;+2/p-2. The van der Waals surface area contributed by atoms with E-state index >= 15 is 0 Å². The molecular weight excluding hydrogens is 667 g/mol. The number of fused-ring (bicyclic) bond motifs is 3. The minimum atomic E-state index is -0.937. The molecule has 232 valence electrons. The van der Waals surface area contributed by atoms with Crippen molar-refractivity contribution in [3.8, 4) is 33.4 Å². The molecule has 0 saturated heterocycles. The molecule has 0 spiro atoms. The van der Waals surface area contributed by atoms with E-state index in [-0.39, 0.29) is 35.6 Å². The first kappa shape index (κ1) is 35.7. The van der Waals surface area contributed by atoms with Gasteiger partial charge in [0.2, 0.25) is 0 Å².